The summed E-state index contributed by atoms with van der Waals surface area (Å²) in [4.78, 5) is 97.2. The van der Waals surface area contributed by atoms with E-state index in [9.17, 15) is 38.4 Å². The number of hydrogen-bond donors (Lipinski definition) is 6. The zero-order valence-electron chi connectivity index (χ0n) is 38.1. The van der Waals surface area contributed by atoms with Crippen LogP contribution in [-0.2, 0) is 38.4 Å². The molecule has 0 radical (unpaired) electrons. The van der Waals surface area contributed by atoms with E-state index >= 15 is 0 Å². The van der Waals surface area contributed by atoms with Crippen LogP contribution >= 0.6 is 0 Å². The van der Waals surface area contributed by atoms with Crippen molar-refractivity contribution >= 4 is 46.8 Å². The Morgan fingerprint density at radius 1 is 0.350 bits per heavy atom. The lowest BCUT2D eigenvalue weighted by molar-refractivity contribution is -0.130. The number of rotatable bonds is 18. The van der Waals surface area contributed by atoms with Gasteiger partial charge in [0.2, 0.25) is 23.6 Å². The molecule has 0 saturated carbocycles. The molecular weight excluding hydrogens is 765 g/mol. The predicted octanol–water partition coefficient (Wildman–Crippen LogP) is 6.52. The lowest BCUT2D eigenvalue weighted by Gasteiger charge is -2.28. The second kappa shape index (κ2) is 28.2. The Morgan fingerprint density at radius 3 is 0.733 bits per heavy atom. The van der Waals surface area contributed by atoms with Crippen LogP contribution in [0, 0.1) is 21.7 Å². The van der Waals surface area contributed by atoms with Crippen molar-refractivity contribution in [2.45, 2.75) is 203 Å². The summed E-state index contributed by atoms with van der Waals surface area (Å²) in [6, 6.07) is -1.23. The summed E-state index contributed by atoms with van der Waals surface area (Å²) >= 11 is 0. The molecule has 60 heavy (non-hydrogen) atoms. The minimum Gasteiger partial charge on any atom is -0.349 e. The van der Waals surface area contributed by atoms with E-state index < -0.39 is 33.7 Å². The number of ketones is 4. The molecule has 0 aliphatic carbocycles. The standard InChI is InChI=1S/2C21H39N3O4.4CH4/c2*1-19(2,3)15(25)12-22-17(27)11-10-14(24-21(7,8)9)18(28)23-13-16(26)20(4,5)6;;;;/h2*14,24H,10-13H2,1-9H3,(H,22,27)(H,23,28);4*1H4. The van der Waals surface area contributed by atoms with Gasteiger partial charge in [0, 0.05) is 45.6 Å². The summed E-state index contributed by atoms with van der Waals surface area (Å²) in [6.45, 7) is 33.0. The number of amides is 4. The minimum atomic E-state index is -0.614. The number of carbonyl (C=O) groups is 8. The molecule has 0 fully saturated rings. The molecule has 0 aliphatic rings. The molecule has 0 aromatic carbocycles. The van der Waals surface area contributed by atoms with E-state index in [1.807, 2.05) is 41.5 Å². The van der Waals surface area contributed by atoms with E-state index in [4.69, 9.17) is 0 Å². The Hall–Kier alpha value is -3.52. The topological polar surface area (TPSA) is 209 Å². The summed E-state index contributed by atoms with van der Waals surface area (Å²) in [5.74, 6) is -1.42. The maximum Gasteiger partial charge on any atom is 0.237 e. The van der Waals surface area contributed by atoms with Crippen molar-refractivity contribution in [3.63, 3.8) is 0 Å². The first-order chi connectivity index (χ1) is 24.9. The first-order valence-electron chi connectivity index (χ1n) is 19.6. The molecule has 0 spiro atoms. The zero-order chi connectivity index (χ0) is 44.7. The SMILES string of the molecule is C.C.C.C.CC(C)(C)NC(CCC(=O)NCC(=O)C(C)(C)C)C(=O)NCC(=O)C(C)(C)C.CC(C)(C)NC(CCC(=O)NCC(=O)C(C)(C)C)C(=O)NCC(=O)C(C)(C)C. The largest absolute Gasteiger partial charge is 0.349 e. The number of carbonyl (C=O) groups excluding carboxylic acids is 8. The summed E-state index contributed by atoms with van der Waals surface area (Å²) in [5, 5.41) is 17.0. The van der Waals surface area contributed by atoms with Crippen LogP contribution in [0.4, 0.5) is 0 Å². The molecule has 4 amide bonds. The molecule has 2 unspecified atom stereocenters. The van der Waals surface area contributed by atoms with Gasteiger partial charge in [0.1, 0.15) is 0 Å². The Balaban J connectivity index is -0.000000228. The fourth-order valence-corrected chi connectivity index (χ4v) is 4.31. The fraction of sp³-hybridized carbons (Fsp3) is 0.826. The third-order valence-corrected chi connectivity index (χ3v) is 8.25. The van der Waals surface area contributed by atoms with Gasteiger partial charge >= 0.3 is 0 Å². The maximum absolute atomic E-state index is 12.6. The summed E-state index contributed by atoms with van der Waals surface area (Å²) in [5.41, 5.74) is -2.75. The molecule has 0 aliphatic heterocycles. The zero-order valence-corrected chi connectivity index (χ0v) is 38.1. The van der Waals surface area contributed by atoms with Crippen molar-refractivity contribution < 1.29 is 38.4 Å². The second-order valence-corrected chi connectivity index (χ2v) is 20.7. The van der Waals surface area contributed by atoms with Crippen molar-refractivity contribution in [2.75, 3.05) is 26.2 Å². The molecule has 0 heterocycles. The number of nitrogens with one attached hydrogen (secondary N) is 6. The summed E-state index contributed by atoms with van der Waals surface area (Å²) < 4.78 is 0. The predicted molar refractivity (Wildman–Crippen MR) is 249 cm³/mol. The van der Waals surface area contributed by atoms with Gasteiger partial charge in [-0.1, -0.05) is 113 Å². The highest BCUT2D eigenvalue weighted by Gasteiger charge is 2.29. The number of hydrogen-bond acceptors (Lipinski definition) is 10. The van der Waals surface area contributed by atoms with Gasteiger partial charge in [0.05, 0.1) is 38.3 Å². The van der Waals surface area contributed by atoms with Gasteiger partial charge in [-0.15, -0.1) is 0 Å². The Morgan fingerprint density at radius 2 is 0.550 bits per heavy atom. The molecule has 0 aromatic rings. The highest BCUT2D eigenvalue weighted by molar-refractivity contribution is 5.93. The van der Waals surface area contributed by atoms with Crippen LogP contribution in [0.5, 0.6) is 0 Å². The second-order valence-electron chi connectivity index (χ2n) is 20.7. The smallest absolute Gasteiger partial charge is 0.237 e. The van der Waals surface area contributed by atoms with Crippen LogP contribution in [0.15, 0.2) is 0 Å². The van der Waals surface area contributed by atoms with Crippen molar-refractivity contribution in [3.8, 4) is 0 Å². The average molecular weight is 859 g/mol. The van der Waals surface area contributed by atoms with Gasteiger partial charge in [0.15, 0.2) is 23.1 Å². The molecule has 0 saturated heterocycles. The third kappa shape index (κ3) is 33.2. The highest BCUT2D eigenvalue weighted by atomic mass is 16.2. The minimum absolute atomic E-state index is 0. The van der Waals surface area contributed by atoms with Gasteiger partial charge in [-0.2, -0.15) is 0 Å². The molecule has 0 rings (SSSR count). The van der Waals surface area contributed by atoms with Crippen molar-refractivity contribution in [3.05, 3.63) is 0 Å². The highest BCUT2D eigenvalue weighted by Crippen LogP contribution is 2.16. The van der Waals surface area contributed by atoms with Crippen LogP contribution in [0.2, 0.25) is 0 Å². The van der Waals surface area contributed by atoms with Crippen LogP contribution < -0.4 is 31.9 Å². The van der Waals surface area contributed by atoms with Crippen LogP contribution in [0.3, 0.4) is 0 Å². The van der Waals surface area contributed by atoms with Crippen LogP contribution in [-0.4, -0.2) is 96.1 Å². The first kappa shape index (κ1) is 68.2. The van der Waals surface area contributed by atoms with Crippen molar-refractivity contribution in [1.29, 1.82) is 0 Å². The molecule has 356 valence electrons. The van der Waals surface area contributed by atoms with E-state index in [1.54, 1.807) is 83.1 Å². The summed E-state index contributed by atoms with van der Waals surface area (Å²) in [7, 11) is 0. The van der Waals surface area contributed by atoms with Gasteiger partial charge in [0.25, 0.3) is 0 Å². The van der Waals surface area contributed by atoms with Gasteiger partial charge in [-0.25, -0.2) is 0 Å². The first-order valence-corrected chi connectivity index (χ1v) is 19.6. The van der Waals surface area contributed by atoms with Crippen LogP contribution in [0.25, 0.3) is 0 Å². The third-order valence-electron chi connectivity index (χ3n) is 8.25. The Labute approximate surface area is 367 Å². The van der Waals surface area contributed by atoms with E-state index in [0.717, 1.165) is 0 Å². The Kier molecular flexibility index (Phi) is 32.0. The maximum atomic E-state index is 12.6. The molecule has 0 aromatic heterocycles. The molecule has 2 atom stereocenters. The van der Waals surface area contributed by atoms with E-state index in [-0.39, 0.29) is 139 Å². The molecule has 14 nitrogen and oxygen atoms in total. The Bertz CT molecular complexity index is 1260. The lowest BCUT2D eigenvalue weighted by Crippen LogP contribution is -2.53. The van der Waals surface area contributed by atoms with E-state index in [1.165, 1.54) is 0 Å². The fourth-order valence-electron chi connectivity index (χ4n) is 4.31. The van der Waals surface area contributed by atoms with Crippen LogP contribution in [0.1, 0.15) is 180 Å². The number of Topliss-reactive ketones (excluding diaryl/α,β-unsaturated/α-hetero) is 4. The normalized spacial score (nSPS) is 12.7. The van der Waals surface area contributed by atoms with Crippen molar-refractivity contribution in [2.24, 2.45) is 21.7 Å². The van der Waals surface area contributed by atoms with Gasteiger partial charge in [-0.3, -0.25) is 38.4 Å². The van der Waals surface area contributed by atoms with Crippen molar-refractivity contribution in [1.82, 2.24) is 31.9 Å². The molecule has 0 bridgehead atoms. The summed E-state index contributed by atoms with van der Waals surface area (Å²) in [6.07, 6.45) is 0.738. The molecule has 6 N–H and O–H groups in total. The average Bonchev–Trinajstić information content (AvgIpc) is 3.00. The van der Waals surface area contributed by atoms with E-state index in [2.05, 4.69) is 31.9 Å². The van der Waals surface area contributed by atoms with Gasteiger partial charge < -0.3 is 31.9 Å². The molecule has 14 heteroatoms. The van der Waals surface area contributed by atoms with E-state index in [0.29, 0.717) is 0 Å². The monoisotopic (exact) mass is 859 g/mol. The lowest BCUT2D eigenvalue weighted by atomic mass is 9.90. The quantitative estimate of drug-likeness (QED) is 0.0880. The molecular formula is C46H94N6O8. The van der Waals surface area contributed by atoms with Gasteiger partial charge in [-0.05, 0) is 54.4 Å².